The van der Waals surface area contributed by atoms with Gasteiger partial charge in [-0.15, -0.1) is 0 Å². The Morgan fingerprint density at radius 2 is 1.82 bits per heavy atom. The van der Waals surface area contributed by atoms with E-state index in [0.29, 0.717) is 0 Å². The van der Waals surface area contributed by atoms with Crippen LogP contribution in [-0.4, -0.2) is 39.6 Å². The second kappa shape index (κ2) is 6.13. The van der Waals surface area contributed by atoms with Gasteiger partial charge in [-0.3, -0.25) is 0 Å². The smallest absolute Gasteiger partial charge is 0.0937 e. The molecular formula is C9H19N2+. The summed E-state index contributed by atoms with van der Waals surface area (Å²) in [6.45, 7) is 1.01. The molecule has 11 heavy (non-hydrogen) atoms. The highest BCUT2D eigenvalue weighted by Crippen LogP contribution is 1.77. The van der Waals surface area contributed by atoms with Crippen molar-refractivity contribution in [1.29, 1.82) is 0 Å². The van der Waals surface area contributed by atoms with Crippen LogP contribution in [-0.2, 0) is 0 Å². The van der Waals surface area contributed by atoms with Gasteiger partial charge in [0, 0.05) is 6.54 Å². The molecule has 0 rings (SSSR count). The number of likely N-dealkylation sites (N-methyl/N-ethyl adjacent to an activating group) is 1. The first-order valence-electron chi connectivity index (χ1n) is 3.91. The molecule has 0 aromatic rings. The van der Waals surface area contributed by atoms with Crippen molar-refractivity contribution in [3.63, 3.8) is 0 Å². The molecule has 0 spiro atoms. The van der Waals surface area contributed by atoms with Crippen LogP contribution in [0.1, 0.15) is 0 Å². The van der Waals surface area contributed by atoms with Gasteiger partial charge in [-0.25, -0.2) is 0 Å². The Balaban J connectivity index is 3.44. The van der Waals surface area contributed by atoms with Crippen molar-refractivity contribution >= 4 is 0 Å². The predicted octanol–water partition coefficient (Wildman–Crippen LogP) is -0.238. The SMILES string of the molecule is CN(C)C/C=C/C=C/[NH+](C)C. The average molecular weight is 155 g/mol. The van der Waals surface area contributed by atoms with E-state index in [1.54, 1.807) is 0 Å². The molecule has 0 heterocycles. The van der Waals surface area contributed by atoms with Gasteiger partial charge in [0.1, 0.15) is 0 Å². The van der Waals surface area contributed by atoms with E-state index in [0.717, 1.165) is 6.54 Å². The zero-order valence-electron chi connectivity index (χ0n) is 7.96. The number of hydrogen-bond acceptors (Lipinski definition) is 1. The van der Waals surface area contributed by atoms with Crippen molar-refractivity contribution in [3.8, 4) is 0 Å². The van der Waals surface area contributed by atoms with Crippen molar-refractivity contribution in [2.75, 3.05) is 34.7 Å². The molecular weight excluding hydrogens is 136 g/mol. The van der Waals surface area contributed by atoms with Gasteiger partial charge in [-0.2, -0.15) is 0 Å². The second-order valence-electron chi connectivity index (χ2n) is 3.13. The molecule has 0 aromatic heterocycles. The summed E-state index contributed by atoms with van der Waals surface area (Å²) >= 11 is 0. The maximum absolute atomic E-state index is 2.14. The van der Waals surface area contributed by atoms with Crippen molar-refractivity contribution < 1.29 is 4.90 Å². The predicted molar refractivity (Wildman–Crippen MR) is 49.6 cm³/mol. The van der Waals surface area contributed by atoms with Crippen LogP contribution < -0.4 is 4.90 Å². The zero-order valence-corrected chi connectivity index (χ0v) is 7.96. The Morgan fingerprint density at radius 1 is 1.18 bits per heavy atom. The summed E-state index contributed by atoms with van der Waals surface area (Å²) in [6, 6.07) is 0. The molecule has 0 unspecified atom stereocenters. The van der Waals surface area contributed by atoms with Crippen LogP contribution in [0.2, 0.25) is 0 Å². The number of nitrogens with one attached hydrogen (secondary N) is 1. The Bertz CT molecular complexity index is 134. The lowest BCUT2D eigenvalue weighted by Crippen LogP contribution is -3.00. The summed E-state index contributed by atoms with van der Waals surface area (Å²) in [4.78, 5) is 3.46. The van der Waals surface area contributed by atoms with Crippen LogP contribution in [0.3, 0.4) is 0 Å². The first-order valence-corrected chi connectivity index (χ1v) is 3.91. The van der Waals surface area contributed by atoms with Gasteiger partial charge in [0.15, 0.2) is 0 Å². The molecule has 0 aliphatic heterocycles. The molecule has 2 heteroatoms. The van der Waals surface area contributed by atoms with Gasteiger partial charge in [0.2, 0.25) is 0 Å². The third kappa shape index (κ3) is 9.40. The summed E-state index contributed by atoms with van der Waals surface area (Å²) in [6.07, 6.45) is 8.39. The minimum atomic E-state index is 1.01. The van der Waals surface area contributed by atoms with E-state index < -0.39 is 0 Å². The van der Waals surface area contributed by atoms with Crippen LogP contribution in [0.15, 0.2) is 24.4 Å². The van der Waals surface area contributed by atoms with E-state index in [-0.39, 0.29) is 0 Å². The Kier molecular flexibility index (Phi) is 5.80. The summed E-state index contributed by atoms with van der Waals surface area (Å²) in [5.41, 5.74) is 0. The monoisotopic (exact) mass is 155 g/mol. The topological polar surface area (TPSA) is 7.68 Å². The highest BCUT2D eigenvalue weighted by atomic mass is 15.0. The quantitative estimate of drug-likeness (QED) is 0.551. The summed E-state index contributed by atoms with van der Waals surface area (Å²) in [5, 5.41) is 0. The summed E-state index contributed by atoms with van der Waals surface area (Å²) < 4.78 is 0. The molecule has 2 nitrogen and oxygen atoms in total. The molecule has 0 fully saturated rings. The molecule has 0 amide bonds. The highest BCUT2D eigenvalue weighted by Gasteiger charge is 1.80. The molecule has 0 bridgehead atoms. The van der Waals surface area contributed by atoms with Crippen molar-refractivity contribution in [2.24, 2.45) is 0 Å². The average Bonchev–Trinajstić information content (AvgIpc) is 1.85. The number of quaternary nitrogens is 1. The van der Waals surface area contributed by atoms with Crippen LogP contribution in [0.5, 0.6) is 0 Å². The molecule has 0 radical (unpaired) electrons. The first-order chi connectivity index (χ1) is 5.13. The fraction of sp³-hybridized carbons (Fsp3) is 0.556. The molecule has 0 aliphatic rings. The third-order valence-corrected chi connectivity index (χ3v) is 1.15. The third-order valence-electron chi connectivity index (χ3n) is 1.15. The van der Waals surface area contributed by atoms with Gasteiger partial charge in [-0.05, 0) is 20.2 Å². The molecule has 0 aromatic carbocycles. The Hall–Kier alpha value is -0.600. The number of rotatable bonds is 4. The summed E-state index contributed by atoms with van der Waals surface area (Å²) in [7, 11) is 8.31. The fourth-order valence-electron chi connectivity index (χ4n) is 0.598. The molecule has 0 atom stereocenters. The van der Waals surface area contributed by atoms with Crippen LogP contribution in [0, 0.1) is 0 Å². The van der Waals surface area contributed by atoms with Gasteiger partial charge < -0.3 is 9.80 Å². The molecule has 0 saturated heterocycles. The lowest BCUT2D eigenvalue weighted by Gasteiger charge is -2.02. The number of hydrogen-bond donors (Lipinski definition) is 1. The second-order valence-corrected chi connectivity index (χ2v) is 3.13. The lowest BCUT2D eigenvalue weighted by atomic mass is 10.4. The molecule has 0 saturated carbocycles. The largest absolute Gasteiger partial charge is 0.314 e. The van der Waals surface area contributed by atoms with Gasteiger partial charge in [0.05, 0.1) is 20.3 Å². The Labute approximate surface area is 69.8 Å². The summed E-state index contributed by atoms with van der Waals surface area (Å²) in [5.74, 6) is 0. The van der Waals surface area contributed by atoms with E-state index in [9.17, 15) is 0 Å². The minimum Gasteiger partial charge on any atom is -0.314 e. The standard InChI is InChI=1S/C9H18N2/c1-10(2)8-6-5-7-9-11(3)4/h5-8H,9H2,1-4H3/p+1/b7-5+,8-6+. The maximum atomic E-state index is 2.14. The lowest BCUT2D eigenvalue weighted by molar-refractivity contribution is -0.801. The van der Waals surface area contributed by atoms with Gasteiger partial charge in [-0.1, -0.05) is 12.2 Å². The van der Waals surface area contributed by atoms with E-state index in [2.05, 4.69) is 57.5 Å². The van der Waals surface area contributed by atoms with Crippen molar-refractivity contribution in [2.45, 2.75) is 0 Å². The van der Waals surface area contributed by atoms with E-state index >= 15 is 0 Å². The van der Waals surface area contributed by atoms with Gasteiger partial charge in [0.25, 0.3) is 0 Å². The maximum Gasteiger partial charge on any atom is 0.0937 e. The van der Waals surface area contributed by atoms with Crippen molar-refractivity contribution in [1.82, 2.24) is 4.90 Å². The first kappa shape index (κ1) is 10.4. The Morgan fingerprint density at radius 3 is 2.27 bits per heavy atom. The molecule has 1 N–H and O–H groups in total. The van der Waals surface area contributed by atoms with Crippen LogP contribution >= 0.6 is 0 Å². The van der Waals surface area contributed by atoms with Crippen LogP contribution in [0.25, 0.3) is 0 Å². The van der Waals surface area contributed by atoms with Gasteiger partial charge >= 0.3 is 0 Å². The zero-order chi connectivity index (χ0) is 8.69. The molecule has 64 valence electrons. The van der Waals surface area contributed by atoms with E-state index in [1.807, 2.05) is 0 Å². The number of allylic oxidation sites excluding steroid dienone is 2. The van der Waals surface area contributed by atoms with E-state index in [1.165, 1.54) is 4.90 Å². The normalized spacial score (nSPS) is 12.9. The molecule has 0 aliphatic carbocycles. The fourth-order valence-corrected chi connectivity index (χ4v) is 0.598. The minimum absolute atomic E-state index is 1.01. The van der Waals surface area contributed by atoms with E-state index in [4.69, 9.17) is 0 Å². The number of nitrogens with zero attached hydrogens (tertiary/aromatic N) is 1. The van der Waals surface area contributed by atoms with Crippen LogP contribution in [0.4, 0.5) is 0 Å². The van der Waals surface area contributed by atoms with Crippen molar-refractivity contribution in [3.05, 3.63) is 24.4 Å². The highest BCUT2D eigenvalue weighted by molar-refractivity contribution is 4.99.